The van der Waals surface area contributed by atoms with Crippen molar-refractivity contribution in [3.8, 4) is 0 Å². The summed E-state index contributed by atoms with van der Waals surface area (Å²) < 4.78 is 10.3. The van der Waals surface area contributed by atoms with E-state index in [2.05, 4.69) is 5.32 Å². The quantitative estimate of drug-likeness (QED) is 0.328. The summed E-state index contributed by atoms with van der Waals surface area (Å²) in [6.45, 7) is 2.00. The average Bonchev–Trinajstić information content (AvgIpc) is 2.18. The molecule has 0 saturated heterocycles. The lowest BCUT2D eigenvalue weighted by atomic mass is 10.5. The minimum absolute atomic E-state index is 0.0621. The minimum atomic E-state index is -2.70. The smallest absolute Gasteiger partial charge is 0.392 e. The van der Waals surface area contributed by atoms with Crippen LogP contribution >= 0.6 is 22.6 Å². The molecule has 0 spiro atoms. The maximum Gasteiger partial charge on any atom is 0.422 e. The summed E-state index contributed by atoms with van der Waals surface area (Å²) in [4.78, 5) is 22.0. The van der Waals surface area contributed by atoms with Crippen molar-refractivity contribution in [2.45, 2.75) is 19.4 Å². The van der Waals surface area contributed by atoms with Gasteiger partial charge in [-0.2, -0.15) is 0 Å². The predicted octanol–water partition coefficient (Wildman–Crippen LogP) is 1.38. The zero-order chi connectivity index (χ0) is 11.9. The molecule has 0 unspecified atom stereocenters. The van der Waals surface area contributed by atoms with Crippen molar-refractivity contribution in [3.05, 3.63) is 0 Å². The van der Waals surface area contributed by atoms with E-state index in [1.807, 2.05) is 0 Å². The third kappa shape index (κ3) is 5.04. The Morgan fingerprint density at radius 1 is 1.33 bits per heavy atom. The van der Waals surface area contributed by atoms with Gasteiger partial charge in [0.25, 0.3) is 0 Å². The standard InChI is InChI=1S/C8H16INO4Si/c1-7(11)10-5-4-6-15(13-2,14-3)8(9)12/h4-6H2,1-3H3,(H,10,11). The van der Waals surface area contributed by atoms with Gasteiger partial charge in [-0.25, -0.2) is 0 Å². The van der Waals surface area contributed by atoms with Gasteiger partial charge in [0.1, 0.15) is 0 Å². The second-order valence-electron chi connectivity index (χ2n) is 3.02. The number of nitrogens with one attached hydrogen (secondary N) is 1. The molecule has 0 aromatic heterocycles. The van der Waals surface area contributed by atoms with Crippen LogP contribution in [0.5, 0.6) is 0 Å². The summed E-state index contributed by atoms with van der Waals surface area (Å²) >= 11 is 1.71. The first-order chi connectivity index (χ1) is 6.98. The normalized spacial score (nSPS) is 11.2. The largest absolute Gasteiger partial charge is 0.422 e. The van der Waals surface area contributed by atoms with Crippen LogP contribution in [0.2, 0.25) is 6.04 Å². The van der Waals surface area contributed by atoms with Gasteiger partial charge in [0.2, 0.25) is 9.32 Å². The van der Waals surface area contributed by atoms with Gasteiger partial charge in [0.05, 0.1) is 0 Å². The molecule has 0 aliphatic rings. The molecule has 0 aromatic rings. The third-order valence-electron chi connectivity index (χ3n) is 2.02. The number of halogens is 1. The summed E-state index contributed by atoms with van der Waals surface area (Å²) in [5, 5.41) is 2.66. The first-order valence-electron chi connectivity index (χ1n) is 4.53. The average molecular weight is 345 g/mol. The van der Waals surface area contributed by atoms with Gasteiger partial charge in [-0.15, -0.1) is 0 Å². The minimum Gasteiger partial charge on any atom is -0.392 e. The van der Waals surface area contributed by atoms with Gasteiger partial charge < -0.3 is 14.2 Å². The zero-order valence-corrected chi connectivity index (χ0v) is 12.3. The lowest BCUT2D eigenvalue weighted by molar-refractivity contribution is -0.118. The maximum atomic E-state index is 11.4. The number of hydrogen-bond donors (Lipinski definition) is 1. The highest BCUT2D eigenvalue weighted by Crippen LogP contribution is 2.19. The molecule has 0 heterocycles. The Bertz CT molecular complexity index is 233. The molecule has 15 heavy (non-hydrogen) atoms. The van der Waals surface area contributed by atoms with E-state index in [9.17, 15) is 9.59 Å². The van der Waals surface area contributed by atoms with Crippen molar-refractivity contribution >= 4 is 40.5 Å². The van der Waals surface area contributed by atoms with Gasteiger partial charge in [-0.3, -0.25) is 9.59 Å². The van der Waals surface area contributed by atoms with E-state index >= 15 is 0 Å². The molecular weight excluding hydrogens is 329 g/mol. The Balaban J connectivity index is 4.07. The van der Waals surface area contributed by atoms with Crippen LogP contribution in [0, 0.1) is 0 Å². The van der Waals surface area contributed by atoms with Gasteiger partial charge in [0, 0.05) is 27.7 Å². The van der Waals surface area contributed by atoms with Crippen molar-refractivity contribution in [1.82, 2.24) is 5.32 Å². The number of rotatable bonds is 7. The van der Waals surface area contributed by atoms with Gasteiger partial charge in [-0.05, 0) is 35.1 Å². The molecule has 0 radical (unpaired) electrons. The highest BCUT2D eigenvalue weighted by molar-refractivity contribution is 14.1. The van der Waals surface area contributed by atoms with Gasteiger partial charge >= 0.3 is 8.56 Å². The van der Waals surface area contributed by atoms with Crippen LogP contribution < -0.4 is 5.32 Å². The highest BCUT2D eigenvalue weighted by Gasteiger charge is 2.42. The van der Waals surface area contributed by atoms with Gasteiger partial charge in [0.15, 0.2) is 0 Å². The topological polar surface area (TPSA) is 64.6 Å². The van der Waals surface area contributed by atoms with Crippen LogP contribution in [0.3, 0.4) is 0 Å². The Labute approximate surface area is 104 Å². The molecule has 5 nitrogen and oxygen atoms in total. The molecule has 0 bridgehead atoms. The van der Waals surface area contributed by atoms with Crippen molar-refractivity contribution in [3.63, 3.8) is 0 Å². The number of amides is 1. The fourth-order valence-electron chi connectivity index (χ4n) is 1.13. The fraction of sp³-hybridized carbons (Fsp3) is 0.750. The zero-order valence-electron chi connectivity index (χ0n) is 9.13. The molecule has 0 rings (SSSR count). The van der Waals surface area contributed by atoms with Crippen LogP contribution in [-0.4, -0.2) is 38.6 Å². The molecule has 1 N–H and O–H groups in total. The van der Waals surface area contributed by atoms with E-state index in [1.54, 1.807) is 22.6 Å². The SMILES string of the molecule is CO[Si](CCCNC(C)=O)(OC)C(=O)I. The monoisotopic (exact) mass is 345 g/mol. The first kappa shape index (κ1) is 15.0. The van der Waals surface area contributed by atoms with E-state index in [4.69, 9.17) is 8.85 Å². The summed E-state index contributed by atoms with van der Waals surface area (Å²) in [6.07, 6.45) is 0.683. The Morgan fingerprint density at radius 2 is 1.87 bits per heavy atom. The number of hydrogen-bond acceptors (Lipinski definition) is 4. The van der Waals surface area contributed by atoms with Crippen molar-refractivity contribution < 1.29 is 18.4 Å². The molecule has 0 fully saturated rings. The van der Waals surface area contributed by atoms with Crippen LogP contribution in [0.4, 0.5) is 4.79 Å². The van der Waals surface area contributed by atoms with Crippen LogP contribution in [-0.2, 0) is 13.6 Å². The summed E-state index contributed by atoms with van der Waals surface area (Å²) in [5.41, 5.74) is 0. The van der Waals surface area contributed by atoms with Gasteiger partial charge in [-0.1, -0.05) is 0 Å². The molecule has 88 valence electrons. The van der Waals surface area contributed by atoms with E-state index in [0.29, 0.717) is 19.0 Å². The van der Waals surface area contributed by atoms with Crippen LogP contribution in [0.25, 0.3) is 0 Å². The summed E-state index contributed by atoms with van der Waals surface area (Å²) in [7, 11) is 0.285. The Morgan fingerprint density at radius 3 is 2.20 bits per heavy atom. The summed E-state index contributed by atoms with van der Waals surface area (Å²) in [6, 6.07) is 0.558. The third-order valence-corrected chi connectivity index (χ3v) is 7.41. The second-order valence-corrected chi connectivity index (χ2v) is 8.30. The van der Waals surface area contributed by atoms with E-state index in [1.165, 1.54) is 21.1 Å². The first-order valence-corrected chi connectivity index (χ1v) is 7.63. The Hall–Kier alpha value is 0.00688. The lowest BCUT2D eigenvalue weighted by Crippen LogP contribution is -2.46. The predicted molar refractivity (Wildman–Crippen MR) is 67.3 cm³/mol. The molecule has 0 aliphatic carbocycles. The maximum absolute atomic E-state index is 11.4. The highest BCUT2D eigenvalue weighted by atomic mass is 127. The summed E-state index contributed by atoms with van der Waals surface area (Å²) in [5.74, 6) is -0.0714. The molecule has 1 amide bonds. The van der Waals surface area contributed by atoms with E-state index in [0.717, 1.165) is 0 Å². The lowest BCUT2D eigenvalue weighted by Gasteiger charge is -2.23. The van der Waals surface area contributed by atoms with E-state index < -0.39 is 8.56 Å². The number of carbonyl (C=O) groups excluding carboxylic acids is 2. The molecule has 0 aliphatic heterocycles. The molecule has 7 heteroatoms. The van der Waals surface area contributed by atoms with Crippen molar-refractivity contribution in [1.29, 1.82) is 0 Å². The van der Waals surface area contributed by atoms with Crippen molar-refractivity contribution in [2.24, 2.45) is 0 Å². The molecular formula is C8H16INO4Si. The number of carbonyl (C=O) groups is 2. The van der Waals surface area contributed by atoms with Crippen molar-refractivity contribution in [2.75, 3.05) is 20.8 Å². The molecule has 0 aromatic carbocycles. The molecule has 0 saturated carbocycles. The molecule has 0 atom stereocenters. The second kappa shape index (κ2) is 7.31. The van der Waals surface area contributed by atoms with Crippen LogP contribution in [0.1, 0.15) is 13.3 Å². The fourth-order valence-corrected chi connectivity index (χ4v) is 5.00. The van der Waals surface area contributed by atoms with Crippen LogP contribution in [0.15, 0.2) is 0 Å². The van der Waals surface area contributed by atoms with E-state index in [-0.39, 0.29) is 9.32 Å². The Kier molecular flexibility index (Phi) is 7.31.